The second-order valence-electron chi connectivity index (χ2n) is 5.07. The van der Waals surface area contributed by atoms with Gasteiger partial charge in [0.25, 0.3) is 5.69 Å². The van der Waals surface area contributed by atoms with Gasteiger partial charge in [-0.05, 0) is 39.7 Å². The van der Waals surface area contributed by atoms with E-state index in [0.717, 1.165) is 0 Å². The molecule has 0 radical (unpaired) electrons. The number of hydrogen-bond acceptors (Lipinski definition) is 5. The number of rotatable bonds is 7. The number of hydrogen-bond donors (Lipinski definition) is 1. The van der Waals surface area contributed by atoms with Crippen LogP contribution in [0.3, 0.4) is 0 Å². The predicted octanol–water partition coefficient (Wildman–Crippen LogP) is 2.67. The van der Waals surface area contributed by atoms with E-state index < -0.39 is 4.92 Å². The number of benzene rings is 1. The zero-order valence-corrected chi connectivity index (χ0v) is 12.4. The lowest BCUT2D eigenvalue weighted by Gasteiger charge is -2.15. The van der Waals surface area contributed by atoms with Crippen molar-refractivity contribution in [2.45, 2.75) is 45.8 Å². The quantitative estimate of drug-likeness (QED) is 0.613. The van der Waals surface area contributed by atoms with Crippen LogP contribution in [0.2, 0.25) is 0 Å². The van der Waals surface area contributed by atoms with Crippen molar-refractivity contribution in [3.05, 3.63) is 27.8 Å². The highest BCUT2D eigenvalue weighted by atomic mass is 16.6. The summed E-state index contributed by atoms with van der Waals surface area (Å²) in [6, 6.07) is 3.08. The minimum absolute atomic E-state index is 0.00817. The SMILES string of the molecule is COc1cc([N+](=O)[O-])c(CCC(C)N)cc1OC(C)C. The van der Waals surface area contributed by atoms with Gasteiger partial charge < -0.3 is 15.2 Å². The van der Waals surface area contributed by atoms with Gasteiger partial charge in [-0.1, -0.05) is 0 Å². The van der Waals surface area contributed by atoms with Crippen LogP contribution in [0.5, 0.6) is 11.5 Å². The van der Waals surface area contributed by atoms with Crippen LogP contribution < -0.4 is 15.2 Å². The minimum atomic E-state index is -0.405. The smallest absolute Gasteiger partial charge is 0.276 e. The van der Waals surface area contributed by atoms with Crippen LogP contribution in [0.1, 0.15) is 32.8 Å². The molecule has 0 amide bonds. The van der Waals surface area contributed by atoms with Gasteiger partial charge in [-0.15, -0.1) is 0 Å². The van der Waals surface area contributed by atoms with E-state index in [9.17, 15) is 10.1 Å². The lowest BCUT2D eigenvalue weighted by Crippen LogP contribution is -2.16. The first kappa shape index (κ1) is 16.2. The number of nitro benzene ring substituents is 1. The molecule has 1 aromatic carbocycles. The van der Waals surface area contributed by atoms with Gasteiger partial charge in [0.05, 0.1) is 24.2 Å². The highest BCUT2D eigenvalue weighted by Crippen LogP contribution is 2.35. The van der Waals surface area contributed by atoms with Crippen LogP contribution in [-0.4, -0.2) is 24.2 Å². The fourth-order valence-corrected chi connectivity index (χ4v) is 1.85. The zero-order valence-electron chi connectivity index (χ0n) is 12.4. The topological polar surface area (TPSA) is 87.6 Å². The molecule has 0 saturated carbocycles. The molecule has 0 fully saturated rings. The molecule has 1 rings (SSSR count). The molecule has 0 bridgehead atoms. The molecule has 1 atom stereocenters. The molecule has 0 aliphatic carbocycles. The largest absolute Gasteiger partial charge is 0.493 e. The van der Waals surface area contributed by atoms with E-state index in [1.165, 1.54) is 13.2 Å². The Hall–Kier alpha value is -1.82. The summed E-state index contributed by atoms with van der Waals surface area (Å²) in [5, 5.41) is 11.1. The number of ether oxygens (including phenoxy) is 2. The van der Waals surface area contributed by atoms with E-state index in [0.29, 0.717) is 29.9 Å². The Kier molecular flexibility index (Phi) is 5.76. The van der Waals surface area contributed by atoms with Gasteiger partial charge >= 0.3 is 0 Å². The molecule has 0 heterocycles. The number of methoxy groups -OCH3 is 1. The van der Waals surface area contributed by atoms with E-state index in [4.69, 9.17) is 15.2 Å². The number of nitrogens with two attached hydrogens (primary N) is 1. The molecule has 1 unspecified atom stereocenters. The van der Waals surface area contributed by atoms with E-state index >= 15 is 0 Å². The van der Waals surface area contributed by atoms with Crippen LogP contribution in [-0.2, 0) is 6.42 Å². The fraction of sp³-hybridized carbons (Fsp3) is 0.571. The van der Waals surface area contributed by atoms with Crippen LogP contribution >= 0.6 is 0 Å². The van der Waals surface area contributed by atoms with Crippen LogP contribution in [0.4, 0.5) is 5.69 Å². The Labute approximate surface area is 119 Å². The van der Waals surface area contributed by atoms with E-state index in [1.807, 2.05) is 20.8 Å². The molecule has 0 aliphatic heterocycles. The molecule has 2 N–H and O–H groups in total. The summed E-state index contributed by atoms with van der Waals surface area (Å²) < 4.78 is 10.8. The van der Waals surface area contributed by atoms with Gasteiger partial charge in [0.2, 0.25) is 0 Å². The molecule has 6 heteroatoms. The molecule has 0 saturated heterocycles. The van der Waals surface area contributed by atoms with Gasteiger partial charge in [0.15, 0.2) is 11.5 Å². The lowest BCUT2D eigenvalue weighted by molar-refractivity contribution is -0.385. The molecule has 1 aromatic rings. The molecule has 0 aliphatic rings. The van der Waals surface area contributed by atoms with E-state index in [-0.39, 0.29) is 17.8 Å². The third kappa shape index (κ3) is 4.38. The maximum Gasteiger partial charge on any atom is 0.276 e. The molecular weight excluding hydrogens is 260 g/mol. The summed E-state index contributed by atoms with van der Waals surface area (Å²) in [4.78, 5) is 10.7. The normalized spacial score (nSPS) is 12.3. The van der Waals surface area contributed by atoms with Gasteiger partial charge in [0.1, 0.15) is 0 Å². The van der Waals surface area contributed by atoms with Crippen LogP contribution in [0.15, 0.2) is 12.1 Å². The Morgan fingerprint density at radius 2 is 1.95 bits per heavy atom. The summed E-state index contributed by atoms with van der Waals surface area (Å²) in [6.07, 6.45) is 1.17. The summed E-state index contributed by atoms with van der Waals surface area (Å²) in [7, 11) is 1.47. The predicted molar refractivity (Wildman–Crippen MR) is 77.4 cm³/mol. The first-order chi connectivity index (χ1) is 9.35. The van der Waals surface area contributed by atoms with Gasteiger partial charge in [-0.2, -0.15) is 0 Å². The van der Waals surface area contributed by atoms with Gasteiger partial charge in [0, 0.05) is 11.6 Å². The minimum Gasteiger partial charge on any atom is -0.493 e. The maximum atomic E-state index is 11.1. The van der Waals surface area contributed by atoms with Crippen molar-refractivity contribution in [2.24, 2.45) is 5.73 Å². The lowest BCUT2D eigenvalue weighted by atomic mass is 10.0. The molecule has 0 spiro atoms. The monoisotopic (exact) mass is 282 g/mol. The highest BCUT2D eigenvalue weighted by Gasteiger charge is 2.20. The third-order valence-electron chi connectivity index (χ3n) is 2.79. The average molecular weight is 282 g/mol. The Bertz CT molecular complexity index is 472. The van der Waals surface area contributed by atoms with Crippen LogP contribution in [0.25, 0.3) is 0 Å². The summed E-state index contributed by atoms with van der Waals surface area (Å²) in [6.45, 7) is 5.66. The third-order valence-corrected chi connectivity index (χ3v) is 2.79. The highest BCUT2D eigenvalue weighted by molar-refractivity contribution is 5.54. The maximum absolute atomic E-state index is 11.1. The molecule has 6 nitrogen and oxygen atoms in total. The van der Waals surface area contributed by atoms with Crippen molar-refractivity contribution in [1.82, 2.24) is 0 Å². The molecule has 0 aromatic heterocycles. The zero-order chi connectivity index (χ0) is 15.3. The van der Waals surface area contributed by atoms with Gasteiger partial charge in [-0.25, -0.2) is 0 Å². The molecule has 112 valence electrons. The molecule has 20 heavy (non-hydrogen) atoms. The average Bonchev–Trinajstić information content (AvgIpc) is 2.35. The standard InChI is InChI=1S/C14H22N2O4/c1-9(2)20-14-7-11(6-5-10(3)15)12(16(17)18)8-13(14)19-4/h7-10H,5-6,15H2,1-4H3. The number of nitro groups is 1. The van der Waals surface area contributed by atoms with Crippen molar-refractivity contribution in [1.29, 1.82) is 0 Å². The van der Waals surface area contributed by atoms with Crippen molar-refractivity contribution in [3.63, 3.8) is 0 Å². The Morgan fingerprint density at radius 1 is 1.30 bits per heavy atom. The van der Waals surface area contributed by atoms with Crippen molar-refractivity contribution in [3.8, 4) is 11.5 Å². The van der Waals surface area contributed by atoms with Crippen LogP contribution in [0, 0.1) is 10.1 Å². The first-order valence-electron chi connectivity index (χ1n) is 6.62. The summed E-state index contributed by atoms with van der Waals surface area (Å²) >= 11 is 0. The van der Waals surface area contributed by atoms with Crippen molar-refractivity contribution in [2.75, 3.05) is 7.11 Å². The Morgan fingerprint density at radius 3 is 2.40 bits per heavy atom. The second kappa shape index (κ2) is 7.09. The van der Waals surface area contributed by atoms with Gasteiger partial charge in [-0.3, -0.25) is 10.1 Å². The summed E-state index contributed by atoms with van der Waals surface area (Å²) in [5.41, 5.74) is 6.37. The van der Waals surface area contributed by atoms with E-state index in [1.54, 1.807) is 6.07 Å². The van der Waals surface area contributed by atoms with Crippen molar-refractivity contribution < 1.29 is 14.4 Å². The summed E-state index contributed by atoms with van der Waals surface area (Å²) in [5.74, 6) is 0.891. The first-order valence-corrected chi connectivity index (χ1v) is 6.62. The van der Waals surface area contributed by atoms with Crippen molar-refractivity contribution >= 4 is 5.69 Å². The Balaban J connectivity index is 3.19. The van der Waals surface area contributed by atoms with E-state index in [2.05, 4.69) is 0 Å². The number of aryl methyl sites for hydroxylation is 1. The fourth-order valence-electron chi connectivity index (χ4n) is 1.85. The second-order valence-corrected chi connectivity index (χ2v) is 5.07. The number of nitrogens with zero attached hydrogens (tertiary/aromatic N) is 1. The molecular formula is C14H22N2O4.